The lowest BCUT2D eigenvalue weighted by Gasteiger charge is -2.38. The molecule has 2 atom stereocenters. The standard InChI is InChI=1S/C24H37N5O2/c1-3-28(4-2)24(31)21-15-25-26-23(21)19-10-13-29(14-11-19)22(30)17-27-12-9-18-7-5-6-8-20(18)16-27/h5-8,19,21,23,25-26H,3-4,9-17H2,1-2H3. The Bertz CT molecular complexity index is 773. The van der Waals surface area contributed by atoms with E-state index in [4.69, 9.17) is 0 Å². The van der Waals surface area contributed by atoms with Gasteiger partial charge in [-0.05, 0) is 50.2 Å². The van der Waals surface area contributed by atoms with Crippen LogP contribution in [0.15, 0.2) is 24.3 Å². The monoisotopic (exact) mass is 427 g/mol. The molecule has 3 heterocycles. The van der Waals surface area contributed by atoms with Crippen molar-refractivity contribution in [3.63, 3.8) is 0 Å². The third kappa shape index (κ3) is 4.94. The summed E-state index contributed by atoms with van der Waals surface area (Å²) >= 11 is 0. The van der Waals surface area contributed by atoms with Crippen LogP contribution in [-0.4, -0.2) is 78.4 Å². The summed E-state index contributed by atoms with van der Waals surface area (Å²) in [6.45, 7) is 10.2. The van der Waals surface area contributed by atoms with Gasteiger partial charge in [-0.1, -0.05) is 24.3 Å². The van der Waals surface area contributed by atoms with Crippen molar-refractivity contribution < 1.29 is 9.59 Å². The molecule has 0 bridgehead atoms. The maximum atomic E-state index is 12.9. The smallest absolute Gasteiger partial charge is 0.236 e. The fourth-order valence-electron chi connectivity index (χ4n) is 5.46. The number of rotatable bonds is 6. The summed E-state index contributed by atoms with van der Waals surface area (Å²) < 4.78 is 0. The zero-order valence-corrected chi connectivity index (χ0v) is 19.0. The summed E-state index contributed by atoms with van der Waals surface area (Å²) in [5, 5.41) is 0. The molecule has 2 fully saturated rings. The van der Waals surface area contributed by atoms with Gasteiger partial charge in [-0.15, -0.1) is 0 Å². The van der Waals surface area contributed by atoms with Crippen molar-refractivity contribution in [3.05, 3.63) is 35.4 Å². The van der Waals surface area contributed by atoms with E-state index in [1.165, 1.54) is 11.1 Å². The van der Waals surface area contributed by atoms with Crippen molar-refractivity contribution in [2.45, 2.75) is 45.7 Å². The van der Waals surface area contributed by atoms with E-state index < -0.39 is 0 Å². The van der Waals surface area contributed by atoms with Gasteiger partial charge < -0.3 is 9.80 Å². The molecular weight excluding hydrogens is 390 g/mol. The molecular formula is C24H37N5O2. The first kappa shape index (κ1) is 22.2. The highest BCUT2D eigenvalue weighted by molar-refractivity contribution is 5.80. The summed E-state index contributed by atoms with van der Waals surface area (Å²) in [4.78, 5) is 32.1. The van der Waals surface area contributed by atoms with Crippen LogP contribution < -0.4 is 10.9 Å². The van der Waals surface area contributed by atoms with Crippen LogP contribution in [0.1, 0.15) is 37.8 Å². The number of carbonyl (C=O) groups is 2. The Morgan fingerprint density at radius 3 is 2.48 bits per heavy atom. The second-order valence-electron chi connectivity index (χ2n) is 9.12. The highest BCUT2D eigenvalue weighted by Crippen LogP contribution is 2.28. The second-order valence-corrected chi connectivity index (χ2v) is 9.12. The summed E-state index contributed by atoms with van der Waals surface area (Å²) in [6.07, 6.45) is 2.93. The Balaban J connectivity index is 1.27. The molecule has 1 aromatic rings. The number of amides is 2. The number of hydrazine groups is 1. The summed E-state index contributed by atoms with van der Waals surface area (Å²) in [7, 11) is 0. The Labute approximate surface area is 186 Å². The van der Waals surface area contributed by atoms with Crippen molar-refractivity contribution >= 4 is 11.8 Å². The van der Waals surface area contributed by atoms with Crippen LogP contribution in [0.4, 0.5) is 0 Å². The first-order valence-corrected chi connectivity index (χ1v) is 11.9. The van der Waals surface area contributed by atoms with E-state index in [1.54, 1.807) is 0 Å². The molecule has 2 unspecified atom stereocenters. The molecule has 4 rings (SSSR count). The number of hydrogen-bond acceptors (Lipinski definition) is 5. The minimum Gasteiger partial charge on any atom is -0.343 e. The van der Waals surface area contributed by atoms with E-state index in [0.717, 1.165) is 58.5 Å². The SMILES string of the molecule is CCN(CC)C(=O)C1CNNC1C1CCN(C(=O)CN2CCc3ccccc3C2)CC1. The van der Waals surface area contributed by atoms with Gasteiger partial charge in [0.2, 0.25) is 11.8 Å². The zero-order valence-electron chi connectivity index (χ0n) is 19.0. The zero-order chi connectivity index (χ0) is 21.8. The van der Waals surface area contributed by atoms with E-state index in [-0.39, 0.29) is 23.8 Å². The number of piperidine rings is 1. The number of carbonyl (C=O) groups excluding carboxylic acids is 2. The second kappa shape index (κ2) is 10.1. The Kier molecular flexibility index (Phi) is 7.25. The maximum absolute atomic E-state index is 12.9. The minimum atomic E-state index is -0.0134. The minimum absolute atomic E-state index is 0.0134. The number of nitrogens with zero attached hydrogens (tertiary/aromatic N) is 3. The molecule has 3 aliphatic heterocycles. The van der Waals surface area contributed by atoms with E-state index in [0.29, 0.717) is 19.0 Å². The van der Waals surface area contributed by atoms with E-state index in [1.807, 2.05) is 23.6 Å². The molecule has 31 heavy (non-hydrogen) atoms. The fourth-order valence-corrected chi connectivity index (χ4v) is 5.46. The molecule has 170 valence electrons. The van der Waals surface area contributed by atoms with Crippen LogP contribution in [0.2, 0.25) is 0 Å². The third-order valence-electron chi connectivity index (χ3n) is 7.39. The first-order valence-electron chi connectivity index (χ1n) is 11.9. The normalized spacial score (nSPS) is 24.8. The number of hydrogen-bond donors (Lipinski definition) is 2. The lowest BCUT2D eigenvalue weighted by molar-refractivity contribution is -0.137. The van der Waals surface area contributed by atoms with Crippen LogP contribution in [0.3, 0.4) is 0 Å². The van der Waals surface area contributed by atoms with Crippen molar-refractivity contribution in [1.29, 1.82) is 0 Å². The van der Waals surface area contributed by atoms with Gasteiger partial charge in [0.1, 0.15) is 0 Å². The molecule has 0 saturated carbocycles. The van der Waals surface area contributed by atoms with Crippen LogP contribution in [0.25, 0.3) is 0 Å². The molecule has 2 amide bonds. The van der Waals surface area contributed by atoms with Crippen molar-refractivity contribution in [3.8, 4) is 0 Å². The molecule has 3 aliphatic rings. The van der Waals surface area contributed by atoms with Crippen LogP contribution in [0, 0.1) is 11.8 Å². The van der Waals surface area contributed by atoms with Crippen LogP contribution >= 0.6 is 0 Å². The van der Waals surface area contributed by atoms with E-state index >= 15 is 0 Å². The summed E-state index contributed by atoms with van der Waals surface area (Å²) in [5.41, 5.74) is 9.35. The lowest BCUT2D eigenvalue weighted by atomic mass is 9.82. The number of benzene rings is 1. The number of fused-ring (bicyclic) bond motifs is 1. The average molecular weight is 428 g/mol. The largest absolute Gasteiger partial charge is 0.343 e. The van der Waals surface area contributed by atoms with Gasteiger partial charge >= 0.3 is 0 Å². The van der Waals surface area contributed by atoms with Crippen LogP contribution in [0.5, 0.6) is 0 Å². The van der Waals surface area contributed by atoms with Gasteiger partial charge in [-0.25, -0.2) is 0 Å². The average Bonchev–Trinajstić information content (AvgIpc) is 3.30. The highest BCUT2D eigenvalue weighted by atomic mass is 16.2. The van der Waals surface area contributed by atoms with Crippen molar-refractivity contribution in [2.75, 3.05) is 45.8 Å². The van der Waals surface area contributed by atoms with Gasteiger partial charge in [0.05, 0.1) is 12.5 Å². The highest BCUT2D eigenvalue weighted by Gasteiger charge is 2.40. The number of nitrogens with one attached hydrogen (secondary N) is 2. The molecule has 0 radical (unpaired) electrons. The molecule has 2 saturated heterocycles. The van der Waals surface area contributed by atoms with Gasteiger partial charge in [0, 0.05) is 51.9 Å². The third-order valence-corrected chi connectivity index (χ3v) is 7.39. The van der Waals surface area contributed by atoms with Crippen molar-refractivity contribution in [2.24, 2.45) is 11.8 Å². The molecule has 7 heteroatoms. The molecule has 7 nitrogen and oxygen atoms in total. The molecule has 2 N–H and O–H groups in total. The summed E-state index contributed by atoms with van der Waals surface area (Å²) in [5.74, 6) is 0.897. The molecule has 0 aliphatic carbocycles. The van der Waals surface area contributed by atoms with E-state index in [9.17, 15) is 9.59 Å². The Morgan fingerprint density at radius 2 is 1.77 bits per heavy atom. The Hall–Kier alpha value is -1.96. The van der Waals surface area contributed by atoms with E-state index in [2.05, 4.69) is 40.0 Å². The lowest BCUT2D eigenvalue weighted by Crippen LogP contribution is -2.50. The molecule has 1 aromatic carbocycles. The molecule has 0 spiro atoms. The Morgan fingerprint density at radius 1 is 1.06 bits per heavy atom. The van der Waals surface area contributed by atoms with Gasteiger partial charge in [0.25, 0.3) is 0 Å². The van der Waals surface area contributed by atoms with Gasteiger partial charge in [-0.2, -0.15) is 0 Å². The topological polar surface area (TPSA) is 67.9 Å². The quantitative estimate of drug-likeness (QED) is 0.715. The first-order chi connectivity index (χ1) is 15.1. The maximum Gasteiger partial charge on any atom is 0.236 e. The number of likely N-dealkylation sites (tertiary alicyclic amines) is 1. The summed E-state index contributed by atoms with van der Waals surface area (Å²) in [6, 6.07) is 8.71. The van der Waals surface area contributed by atoms with Crippen LogP contribution in [-0.2, 0) is 22.6 Å². The fraction of sp³-hybridized carbons (Fsp3) is 0.667. The van der Waals surface area contributed by atoms with Gasteiger partial charge in [0.15, 0.2) is 0 Å². The molecule has 0 aromatic heterocycles. The van der Waals surface area contributed by atoms with Gasteiger partial charge in [-0.3, -0.25) is 25.3 Å². The predicted molar refractivity (Wildman–Crippen MR) is 121 cm³/mol. The predicted octanol–water partition coefficient (Wildman–Crippen LogP) is 1.24. The van der Waals surface area contributed by atoms with Crippen molar-refractivity contribution in [1.82, 2.24) is 25.6 Å².